The average Bonchev–Trinajstić information content (AvgIpc) is 2.27. The monoisotopic (exact) mass is 257 g/mol. The molecule has 0 saturated carbocycles. The second kappa shape index (κ2) is 6.73. The number of carbonyl (C=O) groups excluding carboxylic acids is 2. The lowest BCUT2D eigenvalue weighted by atomic mass is 9.99. The lowest BCUT2D eigenvalue weighted by Crippen LogP contribution is -2.43. The molecule has 5 heteroatoms. The van der Waals surface area contributed by atoms with E-state index in [1.165, 1.54) is 0 Å². The van der Waals surface area contributed by atoms with E-state index in [1.807, 2.05) is 20.8 Å². The number of likely N-dealkylation sites (tertiary alicyclic amines) is 1. The summed E-state index contributed by atoms with van der Waals surface area (Å²) in [6.45, 7) is 7.62. The first kappa shape index (κ1) is 15.0. The van der Waals surface area contributed by atoms with Crippen molar-refractivity contribution in [1.82, 2.24) is 4.90 Å². The molecule has 0 aliphatic carbocycles. The molecule has 0 aromatic carbocycles. The molecule has 1 heterocycles. The number of rotatable bonds is 4. The maximum Gasteiger partial charge on any atom is 0.410 e. The van der Waals surface area contributed by atoms with Gasteiger partial charge in [0, 0.05) is 19.0 Å². The van der Waals surface area contributed by atoms with Crippen LogP contribution in [0, 0.1) is 5.92 Å². The van der Waals surface area contributed by atoms with Gasteiger partial charge in [-0.1, -0.05) is 0 Å². The van der Waals surface area contributed by atoms with Crippen LogP contribution in [0.1, 0.15) is 33.6 Å². The summed E-state index contributed by atoms with van der Waals surface area (Å²) in [5, 5.41) is 0. The first-order valence-corrected chi connectivity index (χ1v) is 6.41. The van der Waals surface area contributed by atoms with Crippen molar-refractivity contribution in [3.63, 3.8) is 0 Å². The van der Waals surface area contributed by atoms with Crippen LogP contribution in [0.5, 0.6) is 0 Å². The molecular formula is C13H23NO4. The molecule has 1 fully saturated rings. The summed E-state index contributed by atoms with van der Waals surface area (Å²) in [7, 11) is 0. The summed E-state index contributed by atoms with van der Waals surface area (Å²) in [6.07, 6.45) is 2.46. The largest absolute Gasteiger partial charge is 0.444 e. The molecule has 0 N–H and O–H groups in total. The van der Waals surface area contributed by atoms with Gasteiger partial charge in [0.2, 0.25) is 0 Å². The van der Waals surface area contributed by atoms with Crippen LogP contribution < -0.4 is 0 Å². The summed E-state index contributed by atoms with van der Waals surface area (Å²) in [5.74, 6) is 0.297. The predicted octanol–water partition coefficient (Wildman–Crippen LogP) is 1.85. The van der Waals surface area contributed by atoms with Gasteiger partial charge >= 0.3 is 6.09 Å². The van der Waals surface area contributed by atoms with Gasteiger partial charge in [-0.15, -0.1) is 0 Å². The van der Waals surface area contributed by atoms with Crippen molar-refractivity contribution in [1.29, 1.82) is 0 Å². The molecule has 1 atom stereocenters. The summed E-state index contributed by atoms with van der Waals surface area (Å²) in [6, 6.07) is 0. The fourth-order valence-electron chi connectivity index (χ4n) is 1.98. The standard InChI is InChI=1S/C13H23NO4/c1-13(2,3)18-12(16)14-6-4-5-11(9-14)10-17-8-7-15/h7,11H,4-6,8-10H2,1-3H3. The topological polar surface area (TPSA) is 55.8 Å². The summed E-state index contributed by atoms with van der Waals surface area (Å²) >= 11 is 0. The third-order valence-corrected chi connectivity index (χ3v) is 2.71. The van der Waals surface area contributed by atoms with Gasteiger partial charge in [-0.2, -0.15) is 0 Å². The maximum atomic E-state index is 11.9. The lowest BCUT2D eigenvalue weighted by Gasteiger charge is -2.33. The molecular weight excluding hydrogens is 234 g/mol. The molecule has 0 spiro atoms. The van der Waals surface area contributed by atoms with E-state index in [9.17, 15) is 9.59 Å². The predicted molar refractivity (Wildman–Crippen MR) is 67.4 cm³/mol. The van der Waals surface area contributed by atoms with Gasteiger partial charge in [-0.05, 0) is 33.6 Å². The minimum absolute atomic E-state index is 0.128. The van der Waals surface area contributed by atoms with Crippen LogP contribution >= 0.6 is 0 Å². The Balaban J connectivity index is 2.38. The molecule has 0 radical (unpaired) electrons. The molecule has 1 unspecified atom stereocenters. The van der Waals surface area contributed by atoms with Crippen LogP contribution in [0.25, 0.3) is 0 Å². The van der Waals surface area contributed by atoms with Crippen molar-refractivity contribution in [3.05, 3.63) is 0 Å². The number of carbonyl (C=O) groups is 2. The summed E-state index contributed by atoms with van der Waals surface area (Å²) in [4.78, 5) is 23.8. The molecule has 1 rings (SSSR count). The van der Waals surface area contributed by atoms with Crippen LogP contribution in [0.2, 0.25) is 0 Å². The Morgan fingerprint density at radius 1 is 1.44 bits per heavy atom. The lowest BCUT2D eigenvalue weighted by molar-refractivity contribution is -0.112. The molecule has 1 saturated heterocycles. The molecule has 18 heavy (non-hydrogen) atoms. The normalized spacial score (nSPS) is 20.6. The van der Waals surface area contributed by atoms with Crippen molar-refractivity contribution in [2.45, 2.75) is 39.2 Å². The zero-order chi connectivity index (χ0) is 13.6. The van der Waals surface area contributed by atoms with Crippen LogP contribution in [-0.4, -0.2) is 49.2 Å². The van der Waals surface area contributed by atoms with Gasteiger partial charge in [-0.3, -0.25) is 0 Å². The number of aldehydes is 1. The highest BCUT2D eigenvalue weighted by Crippen LogP contribution is 2.19. The zero-order valence-electron chi connectivity index (χ0n) is 11.5. The van der Waals surface area contributed by atoms with Gasteiger partial charge < -0.3 is 19.2 Å². The highest BCUT2D eigenvalue weighted by Gasteiger charge is 2.27. The highest BCUT2D eigenvalue weighted by molar-refractivity contribution is 5.68. The van der Waals surface area contributed by atoms with E-state index in [4.69, 9.17) is 9.47 Å². The Labute approximate surface area is 108 Å². The Morgan fingerprint density at radius 2 is 2.17 bits per heavy atom. The number of amides is 1. The molecule has 104 valence electrons. The molecule has 1 amide bonds. The minimum Gasteiger partial charge on any atom is -0.444 e. The number of hydrogen-bond acceptors (Lipinski definition) is 4. The Kier molecular flexibility index (Phi) is 5.59. The first-order chi connectivity index (χ1) is 8.42. The number of piperidine rings is 1. The SMILES string of the molecule is CC(C)(C)OC(=O)N1CCCC(COCC=O)C1. The smallest absolute Gasteiger partial charge is 0.410 e. The van der Waals surface area contributed by atoms with Gasteiger partial charge in [-0.25, -0.2) is 4.79 Å². The number of nitrogens with zero attached hydrogens (tertiary/aromatic N) is 1. The van der Waals surface area contributed by atoms with Crippen LogP contribution in [-0.2, 0) is 14.3 Å². The minimum atomic E-state index is -0.460. The molecule has 0 aromatic rings. The Bertz CT molecular complexity index is 285. The molecule has 5 nitrogen and oxygen atoms in total. The van der Waals surface area contributed by atoms with Gasteiger partial charge in [0.25, 0.3) is 0 Å². The fraction of sp³-hybridized carbons (Fsp3) is 0.846. The fourth-order valence-corrected chi connectivity index (χ4v) is 1.98. The van der Waals surface area contributed by atoms with Crippen molar-refractivity contribution in [2.24, 2.45) is 5.92 Å². The Morgan fingerprint density at radius 3 is 2.78 bits per heavy atom. The maximum absolute atomic E-state index is 11.9. The van der Waals surface area contributed by atoms with E-state index >= 15 is 0 Å². The van der Waals surface area contributed by atoms with Crippen molar-refractivity contribution in [2.75, 3.05) is 26.3 Å². The zero-order valence-corrected chi connectivity index (χ0v) is 11.5. The average molecular weight is 257 g/mol. The van der Waals surface area contributed by atoms with Crippen LogP contribution in [0.4, 0.5) is 4.79 Å². The number of hydrogen-bond donors (Lipinski definition) is 0. The third-order valence-electron chi connectivity index (χ3n) is 2.71. The second-order valence-corrected chi connectivity index (χ2v) is 5.64. The Hall–Kier alpha value is -1.10. The molecule has 1 aliphatic rings. The van der Waals surface area contributed by atoms with E-state index in [-0.39, 0.29) is 12.7 Å². The van der Waals surface area contributed by atoms with Crippen molar-refractivity contribution in [3.8, 4) is 0 Å². The van der Waals surface area contributed by atoms with Gasteiger partial charge in [0.15, 0.2) is 0 Å². The van der Waals surface area contributed by atoms with E-state index in [1.54, 1.807) is 4.90 Å². The van der Waals surface area contributed by atoms with Gasteiger partial charge in [0.1, 0.15) is 18.5 Å². The van der Waals surface area contributed by atoms with Crippen LogP contribution in [0.15, 0.2) is 0 Å². The van der Waals surface area contributed by atoms with Crippen molar-refractivity contribution >= 4 is 12.4 Å². The van der Waals surface area contributed by atoms with Gasteiger partial charge in [0.05, 0.1) is 6.61 Å². The van der Waals surface area contributed by atoms with Crippen LogP contribution in [0.3, 0.4) is 0 Å². The highest BCUT2D eigenvalue weighted by atomic mass is 16.6. The number of ether oxygens (including phenoxy) is 2. The summed E-state index contributed by atoms with van der Waals surface area (Å²) in [5.41, 5.74) is -0.460. The van der Waals surface area contributed by atoms with E-state index < -0.39 is 5.60 Å². The summed E-state index contributed by atoms with van der Waals surface area (Å²) < 4.78 is 10.5. The first-order valence-electron chi connectivity index (χ1n) is 6.41. The second-order valence-electron chi connectivity index (χ2n) is 5.64. The quantitative estimate of drug-likeness (QED) is 0.569. The van der Waals surface area contributed by atoms with E-state index in [0.29, 0.717) is 19.1 Å². The molecule has 0 bridgehead atoms. The van der Waals surface area contributed by atoms with Crippen molar-refractivity contribution < 1.29 is 19.1 Å². The van der Waals surface area contributed by atoms with E-state index in [0.717, 1.165) is 25.7 Å². The van der Waals surface area contributed by atoms with E-state index in [2.05, 4.69) is 0 Å². The third kappa shape index (κ3) is 5.49. The molecule has 0 aromatic heterocycles. The molecule has 1 aliphatic heterocycles.